The fourth-order valence-electron chi connectivity index (χ4n) is 4.85. The van der Waals surface area contributed by atoms with Gasteiger partial charge < -0.3 is 15.5 Å². The number of fused-ring (bicyclic) bond motifs is 1. The van der Waals surface area contributed by atoms with Crippen LogP contribution in [0.15, 0.2) is 66.7 Å². The molecule has 2 heterocycles. The van der Waals surface area contributed by atoms with E-state index in [1.165, 1.54) is 24.3 Å². The minimum atomic E-state index is -0.148. The molecule has 1 fully saturated rings. The lowest BCUT2D eigenvalue weighted by Gasteiger charge is -2.26. The molecule has 2 aliphatic heterocycles. The fraction of sp³-hybridized carbons (Fsp3) is 0.310. The molecular formula is C29H31N3O2S. The molecule has 0 saturated carbocycles. The Bertz CT molecular complexity index is 1220. The lowest BCUT2D eigenvalue weighted by atomic mass is 9.96. The van der Waals surface area contributed by atoms with Gasteiger partial charge in [0.25, 0.3) is 5.91 Å². The third-order valence-electron chi connectivity index (χ3n) is 6.94. The zero-order valence-electron chi connectivity index (χ0n) is 20.0. The van der Waals surface area contributed by atoms with E-state index in [-0.39, 0.29) is 11.8 Å². The van der Waals surface area contributed by atoms with Crippen LogP contribution in [-0.2, 0) is 17.8 Å². The van der Waals surface area contributed by atoms with E-state index in [2.05, 4.69) is 28.8 Å². The van der Waals surface area contributed by atoms with Crippen molar-refractivity contribution in [2.24, 2.45) is 0 Å². The highest BCUT2D eigenvalue weighted by Crippen LogP contribution is 2.30. The summed E-state index contributed by atoms with van der Waals surface area (Å²) in [4.78, 5) is 27.0. The van der Waals surface area contributed by atoms with Gasteiger partial charge in [-0.3, -0.25) is 9.59 Å². The largest absolute Gasteiger partial charge is 0.322 e. The number of rotatable bonds is 6. The van der Waals surface area contributed by atoms with Gasteiger partial charge in [0.1, 0.15) is 0 Å². The maximum absolute atomic E-state index is 13.2. The first-order valence-electron chi connectivity index (χ1n) is 12.3. The van der Waals surface area contributed by atoms with Crippen molar-refractivity contribution in [3.05, 3.63) is 83.4 Å². The van der Waals surface area contributed by atoms with E-state index in [0.717, 1.165) is 40.9 Å². The molecule has 0 radical (unpaired) electrons. The van der Waals surface area contributed by atoms with Crippen LogP contribution in [-0.4, -0.2) is 36.4 Å². The van der Waals surface area contributed by atoms with Gasteiger partial charge in [0.15, 0.2) is 0 Å². The van der Waals surface area contributed by atoms with E-state index in [9.17, 15) is 9.59 Å². The van der Waals surface area contributed by atoms with Crippen LogP contribution in [0.1, 0.15) is 40.7 Å². The molecule has 0 aliphatic carbocycles. The number of carbonyl (C=O) groups excluding carboxylic acids is 2. The standard InChI is InChI=1S/C29H31N3O2S/c1-32-27-18-25(10-7-21(27)9-12-28(32)33)31-29(34)22-8-11-26(20-5-3-2-4-6-20)23(17-22)19-30-24-13-15-35-16-14-24/h2-8,10-11,17-18,24,30H,9,12-16,19H2,1H3,(H,31,34). The van der Waals surface area contributed by atoms with Crippen molar-refractivity contribution in [1.29, 1.82) is 0 Å². The van der Waals surface area contributed by atoms with Gasteiger partial charge in [-0.2, -0.15) is 11.8 Å². The van der Waals surface area contributed by atoms with E-state index in [4.69, 9.17) is 0 Å². The van der Waals surface area contributed by atoms with Crippen molar-refractivity contribution >= 4 is 35.0 Å². The number of hydrogen-bond donors (Lipinski definition) is 2. The summed E-state index contributed by atoms with van der Waals surface area (Å²) in [7, 11) is 1.79. The predicted octanol–water partition coefficient (Wildman–Crippen LogP) is 5.50. The van der Waals surface area contributed by atoms with Gasteiger partial charge in [-0.15, -0.1) is 0 Å². The lowest BCUT2D eigenvalue weighted by Crippen LogP contribution is -2.32. The van der Waals surface area contributed by atoms with Crippen LogP contribution < -0.4 is 15.5 Å². The van der Waals surface area contributed by atoms with Crippen molar-refractivity contribution in [3.63, 3.8) is 0 Å². The number of amides is 2. The molecule has 3 aromatic rings. The van der Waals surface area contributed by atoms with Crippen LogP contribution in [0.3, 0.4) is 0 Å². The van der Waals surface area contributed by atoms with Crippen molar-refractivity contribution in [3.8, 4) is 11.1 Å². The Kier molecular flexibility index (Phi) is 7.21. The van der Waals surface area contributed by atoms with Gasteiger partial charge in [0.05, 0.1) is 0 Å². The monoisotopic (exact) mass is 485 g/mol. The predicted molar refractivity (Wildman–Crippen MR) is 145 cm³/mol. The average molecular weight is 486 g/mol. The number of aryl methyl sites for hydroxylation is 1. The quantitative estimate of drug-likeness (QED) is 0.484. The van der Waals surface area contributed by atoms with Crippen molar-refractivity contribution in [2.75, 3.05) is 28.8 Å². The van der Waals surface area contributed by atoms with Crippen molar-refractivity contribution in [1.82, 2.24) is 5.32 Å². The molecule has 6 heteroatoms. The van der Waals surface area contributed by atoms with Crippen LogP contribution in [0.2, 0.25) is 0 Å². The number of hydrogen-bond acceptors (Lipinski definition) is 4. The molecule has 2 N–H and O–H groups in total. The Labute approximate surface area is 211 Å². The minimum absolute atomic E-state index is 0.103. The summed E-state index contributed by atoms with van der Waals surface area (Å²) in [6.45, 7) is 0.729. The van der Waals surface area contributed by atoms with E-state index in [1.54, 1.807) is 11.9 Å². The maximum atomic E-state index is 13.2. The number of anilines is 2. The Balaban J connectivity index is 1.38. The molecule has 2 aliphatic rings. The smallest absolute Gasteiger partial charge is 0.255 e. The molecule has 0 atom stereocenters. The van der Waals surface area contributed by atoms with Crippen LogP contribution in [0, 0.1) is 0 Å². The Morgan fingerprint density at radius 2 is 1.80 bits per heavy atom. The van der Waals surface area contributed by atoms with E-state index in [1.807, 2.05) is 60.3 Å². The van der Waals surface area contributed by atoms with Crippen molar-refractivity contribution in [2.45, 2.75) is 38.3 Å². The highest BCUT2D eigenvalue weighted by Gasteiger charge is 2.21. The molecule has 0 spiro atoms. The molecule has 5 nitrogen and oxygen atoms in total. The van der Waals surface area contributed by atoms with E-state index >= 15 is 0 Å². The molecule has 0 aromatic heterocycles. The molecule has 0 bridgehead atoms. The lowest BCUT2D eigenvalue weighted by molar-refractivity contribution is -0.118. The van der Waals surface area contributed by atoms with Crippen molar-refractivity contribution < 1.29 is 9.59 Å². The van der Waals surface area contributed by atoms with Crippen LogP contribution >= 0.6 is 11.8 Å². The summed E-state index contributed by atoms with van der Waals surface area (Å²) >= 11 is 2.02. The first-order chi connectivity index (χ1) is 17.1. The van der Waals surface area contributed by atoms with E-state index < -0.39 is 0 Å². The van der Waals surface area contributed by atoms with Crippen LogP contribution in [0.4, 0.5) is 11.4 Å². The third kappa shape index (κ3) is 5.44. The number of benzene rings is 3. The molecule has 5 rings (SSSR count). The Morgan fingerprint density at radius 1 is 1.00 bits per heavy atom. The first-order valence-corrected chi connectivity index (χ1v) is 13.4. The zero-order valence-corrected chi connectivity index (χ0v) is 20.9. The number of carbonyl (C=O) groups is 2. The summed E-state index contributed by atoms with van der Waals surface area (Å²) in [5.74, 6) is 2.36. The summed E-state index contributed by atoms with van der Waals surface area (Å²) in [6.07, 6.45) is 3.63. The fourth-order valence-corrected chi connectivity index (χ4v) is 5.96. The first kappa shape index (κ1) is 23.6. The molecule has 35 heavy (non-hydrogen) atoms. The second-order valence-electron chi connectivity index (χ2n) is 9.26. The third-order valence-corrected chi connectivity index (χ3v) is 7.99. The van der Waals surface area contributed by atoms with Gasteiger partial charge in [0.2, 0.25) is 5.91 Å². The molecular weight excluding hydrogens is 454 g/mol. The molecule has 2 amide bonds. The second kappa shape index (κ2) is 10.7. The summed E-state index contributed by atoms with van der Waals surface area (Å²) in [6, 6.07) is 22.6. The Morgan fingerprint density at radius 3 is 2.60 bits per heavy atom. The highest BCUT2D eigenvalue weighted by molar-refractivity contribution is 7.99. The molecule has 1 saturated heterocycles. The van der Waals surface area contributed by atoms with Crippen LogP contribution in [0.5, 0.6) is 0 Å². The van der Waals surface area contributed by atoms with Gasteiger partial charge in [-0.05, 0) is 77.3 Å². The van der Waals surface area contributed by atoms with Gasteiger partial charge >= 0.3 is 0 Å². The minimum Gasteiger partial charge on any atom is -0.322 e. The molecule has 3 aromatic carbocycles. The second-order valence-corrected chi connectivity index (χ2v) is 10.5. The zero-order chi connectivity index (χ0) is 24.2. The summed E-state index contributed by atoms with van der Waals surface area (Å²) in [5, 5.41) is 6.76. The highest BCUT2D eigenvalue weighted by atomic mass is 32.2. The van der Waals surface area contributed by atoms with E-state index in [0.29, 0.717) is 23.7 Å². The SMILES string of the molecule is CN1C(=O)CCc2ccc(NC(=O)c3ccc(-c4ccccc4)c(CNC4CCSCC4)c3)cc21. The summed E-state index contributed by atoms with van der Waals surface area (Å²) in [5.41, 5.74) is 6.75. The number of nitrogens with one attached hydrogen (secondary N) is 2. The number of thioether (sulfide) groups is 1. The van der Waals surface area contributed by atoms with Crippen LogP contribution in [0.25, 0.3) is 11.1 Å². The molecule has 0 unspecified atom stereocenters. The number of nitrogens with zero attached hydrogens (tertiary/aromatic N) is 1. The summed E-state index contributed by atoms with van der Waals surface area (Å²) < 4.78 is 0. The van der Waals surface area contributed by atoms with Gasteiger partial charge in [-0.1, -0.05) is 42.5 Å². The normalized spacial score (nSPS) is 16.1. The topological polar surface area (TPSA) is 61.4 Å². The maximum Gasteiger partial charge on any atom is 0.255 e. The average Bonchev–Trinajstić information content (AvgIpc) is 2.91. The molecule has 180 valence electrons. The van der Waals surface area contributed by atoms with Gasteiger partial charge in [0, 0.05) is 43.0 Å². The Hall–Kier alpha value is -3.09. The van der Waals surface area contributed by atoms with Gasteiger partial charge in [-0.25, -0.2) is 0 Å².